The van der Waals surface area contributed by atoms with Crippen LogP contribution in [0.15, 0.2) is 54.6 Å². The molecule has 0 radical (unpaired) electrons. The van der Waals surface area contributed by atoms with Gasteiger partial charge in [-0.15, -0.1) is 0 Å². The van der Waals surface area contributed by atoms with E-state index >= 15 is 0 Å². The van der Waals surface area contributed by atoms with E-state index in [0.717, 1.165) is 11.6 Å². The van der Waals surface area contributed by atoms with Crippen LogP contribution in [0.5, 0.6) is 0 Å². The molecule has 3 rings (SSSR count). The predicted molar refractivity (Wildman–Crippen MR) is 122 cm³/mol. The van der Waals surface area contributed by atoms with E-state index in [1.54, 1.807) is 42.5 Å². The summed E-state index contributed by atoms with van der Waals surface area (Å²) in [5.74, 6) is -1.17. The van der Waals surface area contributed by atoms with E-state index < -0.39 is 11.9 Å². The number of aromatic nitrogens is 3. The van der Waals surface area contributed by atoms with Gasteiger partial charge in [-0.1, -0.05) is 41.4 Å². The van der Waals surface area contributed by atoms with Gasteiger partial charge < -0.3 is 5.11 Å². The molecule has 2 aromatic carbocycles. The van der Waals surface area contributed by atoms with E-state index in [9.17, 15) is 9.59 Å². The number of anilines is 1. The average molecular weight is 483 g/mol. The van der Waals surface area contributed by atoms with Crippen LogP contribution in [-0.4, -0.2) is 31.9 Å². The van der Waals surface area contributed by atoms with Crippen LogP contribution in [0, 0.1) is 11.3 Å². The number of hydrogen-bond acceptors (Lipinski definition) is 7. The molecule has 0 spiro atoms. The molecular weight excluding hydrogens is 467 g/mol. The zero-order valence-electron chi connectivity index (χ0n) is 16.9. The van der Waals surface area contributed by atoms with Gasteiger partial charge in [0, 0.05) is 35.0 Å². The van der Waals surface area contributed by atoms with Crippen LogP contribution >= 0.6 is 23.2 Å². The molecule has 0 saturated carbocycles. The summed E-state index contributed by atoms with van der Waals surface area (Å²) in [5, 5.41) is 18.5. The zero-order chi connectivity index (χ0) is 23.8. The highest BCUT2D eigenvalue weighted by Crippen LogP contribution is 2.26. The molecule has 0 saturated heterocycles. The van der Waals surface area contributed by atoms with Gasteiger partial charge in [-0.2, -0.15) is 15.2 Å². The molecule has 0 aliphatic rings. The number of aliphatic carboxylic acids is 1. The van der Waals surface area contributed by atoms with Crippen molar-refractivity contribution >= 4 is 41.0 Å². The maximum atomic E-state index is 11.8. The van der Waals surface area contributed by atoms with Crippen LogP contribution in [0.1, 0.15) is 28.3 Å². The first-order chi connectivity index (χ1) is 15.8. The number of carbonyl (C=O) groups is 2. The third-order valence-electron chi connectivity index (χ3n) is 4.24. The Balaban J connectivity index is 1.88. The SMILES string of the molecule is N#Cc1ccc(Cc2nc(Cc3c(Cl)cccc3Cl)nc(NNC(=O)/C=C/C(=O)O)n2)cc1. The highest BCUT2D eigenvalue weighted by atomic mass is 35.5. The normalized spacial score (nSPS) is 10.6. The summed E-state index contributed by atoms with van der Waals surface area (Å²) >= 11 is 12.5. The zero-order valence-corrected chi connectivity index (χ0v) is 18.4. The van der Waals surface area contributed by atoms with Crippen molar-refractivity contribution in [2.45, 2.75) is 12.8 Å². The fourth-order valence-electron chi connectivity index (χ4n) is 2.73. The highest BCUT2D eigenvalue weighted by Gasteiger charge is 2.13. The van der Waals surface area contributed by atoms with Crippen LogP contribution in [0.4, 0.5) is 5.95 Å². The number of nitrogens with zero attached hydrogens (tertiary/aromatic N) is 4. The second-order valence-electron chi connectivity index (χ2n) is 6.64. The van der Waals surface area contributed by atoms with Crippen LogP contribution < -0.4 is 10.9 Å². The van der Waals surface area contributed by atoms with Crippen molar-refractivity contribution in [3.8, 4) is 6.07 Å². The van der Waals surface area contributed by atoms with Gasteiger partial charge in [0.2, 0.25) is 5.95 Å². The number of carboxylic acids is 1. The van der Waals surface area contributed by atoms with E-state index in [2.05, 4.69) is 31.9 Å². The third kappa shape index (κ3) is 7.00. The minimum absolute atomic E-state index is 0.0453. The van der Waals surface area contributed by atoms with Gasteiger partial charge in [0.25, 0.3) is 5.91 Å². The van der Waals surface area contributed by atoms with Gasteiger partial charge in [-0.05, 0) is 35.4 Å². The number of halogens is 2. The number of rotatable bonds is 8. The average Bonchev–Trinajstić information content (AvgIpc) is 2.79. The van der Waals surface area contributed by atoms with Crippen molar-refractivity contribution < 1.29 is 14.7 Å². The van der Waals surface area contributed by atoms with Crippen LogP contribution in [-0.2, 0) is 22.4 Å². The Labute approximate surface area is 198 Å². The molecule has 0 bridgehead atoms. The second kappa shape index (κ2) is 11.0. The topological polar surface area (TPSA) is 141 Å². The largest absolute Gasteiger partial charge is 0.478 e. The van der Waals surface area contributed by atoms with E-state index in [1.165, 1.54) is 0 Å². The lowest BCUT2D eigenvalue weighted by atomic mass is 10.1. The van der Waals surface area contributed by atoms with E-state index in [0.29, 0.717) is 45.3 Å². The lowest BCUT2D eigenvalue weighted by Gasteiger charge is -2.11. The van der Waals surface area contributed by atoms with Gasteiger partial charge in [-0.3, -0.25) is 15.6 Å². The fourth-order valence-corrected chi connectivity index (χ4v) is 3.26. The number of hydrazine groups is 1. The summed E-state index contributed by atoms with van der Waals surface area (Å²) in [5.41, 5.74) is 6.88. The maximum absolute atomic E-state index is 11.8. The van der Waals surface area contributed by atoms with Crippen LogP contribution in [0.3, 0.4) is 0 Å². The van der Waals surface area contributed by atoms with E-state index in [-0.39, 0.29) is 12.4 Å². The standard InChI is InChI=1S/C22H16Cl2N6O3/c23-16-2-1-3-17(24)15(16)11-19-26-18(10-13-4-6-14(12-25)7-5-13)27-22(28-19)30-29-20(31)8-9-21(32)33/h1-9H,10-11H2,(H,29,31)(H,32,33)(H,26,27,28,30)/b9-8+. The summed E-state index contributed by atoms with van der Waals surface area (Å²) in [4.78, 5) is 35.4. The quantitative estimate of drug-likeness (QED) is 0.327. The number of nitriles is 1. The van der Waals surface area contributed by atoms with Gasteiger partial charge >= 0.3 is 5.97 Å². The first-order valence-corrected chi connectivity index (χ1v) is 10.2. The Bertz CT molecular complexity index is 1240. The first kappa shape index (κ1) is 23.7. The summed E-state index contributed by atoms with van der Waals surface area (Å²) < 4.78 is 0. The Kier molecular flexibility index (Phi) is 7.91. The van der Waals surface area contributed by atoms with Gasteiger partial charge in [0.15, 0.2) is 0 Å². The van der Waals surface area contributed by atoms with Crippen molar-refractivity contribution in [3.05, 3.63) is 93.0 Å². The van der Waals surface area contributed by atoms with E-state index in [1.807, 2.05) is 0 Å². The Morgan fingerprint density at radius 3 is 2.21 bits per heavy atom. The minimum Gasteiger partial charge on any atom is -0.478 e. The summed E-state index contributed by atoms with van der Waals surface area (Å²) in [7, 11) is 0. The van der Waals surface area contributed by atoms with Crippen molar-refractivity contribution in [1.29, 1.82) is 5.26 Å². The van der Waals surface area contributed by atoms with Crippen LogP contribution in [0.25, 0.3) is 0 Å². The molecule has 1 heterocycles. The molecule has 166 valence electrons. The van der Waals surface area contributed by atoms with Crippen molar-refractivity contribution in [2.75, 3.05) is 5.43 Å². The third-order valence-corrected chi connectivity index (χ3v) is 4.95. The molecule has 0 unspecified atom stereocenters. The maximum Gasteiger partial charge on any atom is 0.328 e. The van der Waals surface area contributed by atoms with Gasteiger partial charge in [0.05, 0.1) is 11.6 Å². The molecule has 3 N–H and O–H groups in total. The second-order valence-corrected chi connectivity index (χ2v) is 7.45. The minimum atomic E-state index is -1.26. The summed E-state index contributed by atoms with van der Waals surface area (Å²) in [6.45, 7) is 0. The molecule has 1 aromatic heterocycles. The van der Waals surface area contributed by atoms with Crippen LogP contribution in [0.2, 0.25) is 10.0 Å². The number of hydrogen-bond donors (Lipinski definition) is 3. The highest BCUT2D eigenvalue weighted by molar-refractivity contribution is 6.36. The fraction of sp³-hybridized carbons (Fsp3) is 0.0909. The molecule has 0 aliphatic heterocycles. The molecule has 11 heteroatoms. The lowest BCUT2D eigenvalue weighted by molar-refractivity contribution is -0.131. The Morgan fingerprint density at radius 2 is 1.61 bits per heavy atom. The van der Waals surface area contributed by atoms with Crippen molar-refractivity contribution in [3.63, 3.8) is 0 Å². The van der Waals surface area contributed by atoms with E-state index in [4.69, 9.17) is 33.6 Å². The van der Waals surface area contributed by atoms with Crippen molar-refractivity contribution in [1.82, 2.24) is 20.4 Å². The lowest BCUT2D eigenvalue weighted by Crippen LogP contribution is -2.29. The Morgan fingerprint density at radius 1 is 0.970 bits per heavy atom. The summed E-state index contributed by atoms with van der Waals surface area (Å²) in [6.07, 6.45) is 2.09. The predicted octanol–water partition coefficient (Wildman–Crippen LogP) is 3.32. The number of nitrogens with one attached hydrogen (secondary N) is 2. The van der Waals surface area contributed by atoms with Gasteiger partial charge in [0.1, 0.15) is 11.6 Å². The monoisotopic (exact) mass is 482 g/mol. The molecular formula is C22H16Cl2N6O3. The molecule has 1 amide bonds. The molecule has 0 aliphatic carbocycles. The number of carboxylic acid groups (broad SMARTS) is 1. The summed E-state index contributed by atoms with van der Waals surface area (Å²) in [6, 6.07) is 14.2. The van der Waals surface area contributed by atoms with Gasteiger partial charge in [-0.25, -0.2) is 9.78 Å². The van der Waals surface area contributed by atoms with Crippen molar-refractivity contribution in [2.24, 2.45) is 0 Å². The first-order valence-electron chi connectivity index (χ1n) is 9.47. The molecule has 3 aromatic rings. The molecule has 9 nitrogen and oxygen atoms in total. The Hall–Kier alpha value is -4.00. The smallest absolute Gasteiger partial charge is 0.328 e. The number of amides is 1. The number of benzene rings is 2. The molecule has 0 fully saturated rings. The number of carbonyl (C=O) groups excluding carboxylic acids is 1. The molecule has 0 atom stereocenters. The molecule has 33 heavy (non-hydrogen) atoms.